The molecular weight excluding hydrogens is 494 g/mol. The van der Waals surface area contributed by atoms with Gasteiger partial charge in [0, 0.05) is 23.8 Å². The van der Waals surface area contributed by atoms with Crippen molar-refractivity contribution in [2.45, 2.75) is 57.4 Å². The van der Waals surface area contributed by atoms with Crippen molar-refractivity contribution < 1.29 is 4.39 Å². The van der Waals surface area contributed by atoms with Crippen molar-refractivity contribution in [1.82, 2.24) is 15.9 Å². The summed E-state index contributed by atoms with van der Waals surface area (Å²) in [5.41, 5.74) is 16.2. The number of nitrogens with one attached hydrogen (secondary N) is 2. The van der Waals surface area contributed by atoms with Gasteiger partial charge in [0.2, 0.25) is 0 Å². The van der Waals surface area contributed by atoms with Crippen molar-refractivity contribution in [3.8, 4) is 0 Å². The van der Waals surface area contributed by atoms with E-state index in [1.165, 1.54) is 59.5 Å². The van der Waals surface area contributed by atoms with E-state index >= 15 is 0 Å². The van der Waals surface area contributed by atoms with Gasteiger partial charge in [0.05, 0.1) is 22.4 Å². The van der Waals surface area contributed by atoms with Gasteiger partial charge in [-0.05, 0) is 104 Å². The summed E-state index contributed by atoms with van der Waals surface area (Å²) in [7, 11) is 0. The minimum atomic E-state index is -0.220. The van der Waals surface area contributed by atoms with Crippen LogP contribution >= 0.6 is 23.2 Å². The second-order valence-corrected chi connectivity index (χ2v) is 11.0. The Bertz CT molecular complexity index is 1240. The molecule has 2 aliphatic carbocycles. The first kappa shape index (κ1) is 24.1. The number of allylic oxidation sites excluding steroid dienone is 2. The fourth-order valence-electron chi connectivity index (χ4n) is 5.60. The normalized spacial score (nSPS) is 23.3. The van der Waals surface area contributed by atoms with E-state index in [9.17, 15) is 4.39 Å². The summed E-state index contributed by atoms with van der Waals surface area (Å²) in [6.07, 6.45) is 11.3. The lowest BCUT2D eigenvalue weighted by molar-refractivity contribution is 0.170. The number of benzene rings is 2. The van der Waals surface area contributed by atoms with Gasteiger partial charge < -0.3 is 5.43 Å². The number of hydrogen-bond donors (Lipinski definition) is 2. The van der Waals surface area contributed by atoms with Gasteiger partial charge in [0.1, 0.15) is 5.82 Å². The van der Waals surface area contributed by atoms with Crippen LogP contribution in [0.15, 0.2) is 70.6 Å². The van der Waals surface area contributed by atoms with Crippen LogP contribution in [0.5, 0.6) is 0 Å². The zero-order chi connectivity index (χ0) is 24.6. The zero-order valence-electron chi connectivity index (χ0n) is 20.3. The Hall–Kier alpha value is -2.31. The molecule has 0 spiro atoms. The van der Waals surface area contributed by atoms with Gasteiger partial charge in [-0.15, -0.1) is 0 Å². The molecule has 0 amide bonds. The van der Waals surface area contributed by atoms with Crippen LogP contribution in [0.25, 0.3) is 6.08 Å². The molecule has 2 heterocycles. The predicted molar refractivity (Wildman–Crippen MR) is 146 cm³/mol. The van der Waals surface area contributed by atoms with Crippen LogP contribution in [0.1, 0.15) is 56.9 Å². The first-order chi connectivity index (χ1) is 17.6. The van der Waals surface area contributed by atoms with E-state index in [1.54, 1.807) is 6.07 Å². The molecule has 1 saturated carbocycles. The molecule has 1 unspecified atom stereocenters. The Kier molecular flexibility index (Phi) is 6.82. The fourth-order valence-corrected chi connectivity index (χ4v) is 6.09. The Morgan fingerprint density at radius 3 is 2.44 bits per heavy atom. The molecule has 6 rings (SSSR count). The molecule has 0 radical (unpaired) electrons. The summed E-state index contributed by atoms with van der Waals surface area (Å²) in [6.45, 7) is 2.16. The number of piperidine rings is 1. The molecule has 1 saturated heterocycles. The summed E-state index contributed by atoms with van der Waals surface area (Å²) in [6, 6.07) is 12.5. The molecule has 0 bridgehead atoms. The van der Waals surface area contributed by atoms with E-state index in [1.807, 2.05) is 24.3 Å². The maximum Gasteiger partial charge on any atom is 0.123 e. The molecule has 2 N–H and O–H groups in total. The highest BCUT2D eigenvalue weighted by Gasteiger charge is 2.40. The maximum atomic E-state index is 13.6. The molecular formula is C29H31Cl2FN4. The quantitative estimate of drug-likeness (QED) is 0.426. The first-order valence-electron chi connectivity index (χ1n) is 13.0. The molecule has 2 aliphatic heterocycles. The first-order valence-corrected chi connectivity index (χ1v) is 13.8. The van der Waals surface area contributed by atoms with E-state index in [0.29, 0.717) is 10.0 Å². The van der Waals surface area contributed by atoms with Crippen molar-refractivity contribution in [1.29, 1.82) is 0 Å². The van der Waals surface area contributed by atoms with Crippen molar-refractivity contribution in [3.05, 3.63) is 92.0 Å². The third-order valence-electron chi connectivity index (χ3n) is 7.50. The molecule has 4 aliphatic rings. The highest BCUT2D eigenvalue weighted by molar-refractivity contribution is 6.36. The van der Waals surface area contributed by atoms with E-state index in [0.717, 1.165) is 56.4 Å². The van der Waals surface area contributed by atoms with Gasteiger partial charge in [0.25, 0.3) is 0 Å². The Morgan fingerprint density at radius 1 is 0.944 bits per heavy atom. The lowest BCUT2D eigenvalue weighted by atomic mass is 9.87. The van der Waals surface area contributed by atoms with Gasteiger partial charge in [0.15, 0.2) is 0 Å². The van der Waals surface area contributed by atoms with Crippen LogP contribution in [-0.2, 0) is 0 Å². The summed E-state index contributed by atoms with van der Waals surface area (Å²) < 4.78 is 13.6. The monoisotopic (exact) mass is 524 g/mol. The standard InChI is InChI=1S/C29H31Cl2FN4/c30-22-11-14-26(25(31)18-22)36-29-21(17-19-7-12-23(32)13-8-19)5-4-6-24(29)28(34-36)27(20-9-10-20)33-35-15-2-1-3-16-35/h7-8,11-14,17-18,28,33-34H,1-6,9-10,15-16H2/b21-17+. The highest BCUT2D eigenvalue weighted by Crippen LogP contribution is 2.45. The van der Waals surface area contributed by atoms with Gasteiger partial charge in [-0.2, -0.15) is 0 Å². The molecule has 7 heteroatoms. The van der Waals surface area contributed by atoms with Crippen molar-refractivity contribution in [2.75, 3.05) is 18.1 Å². The number of anilines is 1. The van der Waals surface area contributed by atoms with Gasteiger partial charge in [-0.1, -0.05) is 41.8 Å². The number of nitrogens with zero attached hydrogens (tertiary/aromatic N) is 2. The predicted octanol–water partition coefficient (Wildman–Crippen LogP) is 7.39. The third-order valence-corrected chi connectivity index (χ3v) is 8.03. The summed E-state index contributed by atoms with van der Waals surface area (Å²) in [5.74, 6) is -0.220. The van der Waals surface area contributed by atoms with Crippen molar-refractivity contribution in [3.63, 3.8) is 0 Å². The summed E-state index contributed by atoms with van der Waals surface area (Å²) >= 11 is 13.0. The van der Waals surface area contributed by atoms with Crippen molar-refractivity contribution in [2.24, 2.45) is 0 Å². The van der Waals surface area contributed by atoms with E-state index < -0.39 is 0 Å². The molecule has 2 fully saturated rings. The van der Waals surface area contributed by atoms with Crippen LogP contribution in [-0.4, -0.2) is 24.1 Å². The average Bonchev–Trinajstić information content (AvgIpc) is 3.65. The van der Waals surface area contributed by atoms with E-state index in [2.05, 4.69) is 26.9 Å². The smallest absolute Gasteiger partial charge is 0.123 e. The van der Waals surface area contributed by atoms with Crippen LogP contribution in [0.2, 0.25) is 10.0 Å². The fraction of sp³-hybridized carbons (Fsp3) is 0.379. The molecule has 2 aromatic carbocycles. The Labute approximate surface area is 222 Å². The lowest BCUT2D eigenvalue weighted by Gasteiger charge is -2.32. The van der Waals surface area contributed by atoms with Gasteiger partial charge in [-0.25, -0.2) is 14.8 Å². The molecule has 4 nitrogen and oxygen atoms in total. The average molecular weight is 525 g/mol. The van der Waals surface area contributed by atoms with E-state index in [4.69, 9.17) is 23.2 Å². The van der Waals surface area contributed by atoms with Crippen molar-refractivity contribution >= 4 is 35.0 Å². The largest absolute Gasteiger partial charge is 0.321 e. The van der Waals surface area contributed by atoms with Crippen LogP contribution in [0.3, 0.4) is 0 Å². The molecule has 188 valence electrons. The summed E-state index contributed by atoms with van der Waals surface area (Å²) in [5, 5.41) is 5.78. The topological polar surface area (TPSA) is 30.5 Å². The second kappa shape index (κ2) is 10.2. The number of hydrazine groups is 2. The Balaban J connectivity index is 1.42. The van der Waals surface area contributed by atoms with Crippen LogP contribution < -0.4 is 15.9 Å². The second-order valence-electron chi connectivity index (χ2n) is 10.1. The zero-order valence-corrected chi connectivity index (χ0v) is 21.8. The molecule has 0 aromatic heterocycles. The number of hydrogen-bond acceptors (Lipinski definition) is 4. The number of rotatable bonds is 5. The summed E-state index contributed by atoms with van der Waals surface area (Å²) in [4.78, 5) is 0. The van der Waals surface area contributed by atoms with Crippen LogP contribution in [0.4, 0.5) is 10.1 Å². The third kappa shape index (κ3) is 4.95. The van der Waals surface area contributed by atoms with Gasteiger partial charge >= 0.3 is 0 Å². The highest BCUT2D eigenvalue weighted by atomic mass is 35.5. The maximum absolute atomic E-state index is 13.6. The van der Waals surface area contributed by atoms with Crippen LogP contribution in [0, 0.1) is 5.82 Å². The van der Waals surface area contributed by atoms with E-state index in [-0.39, 0.29) is 11.9 Å². The molecule has 2 aromatic rings. The molecule has 1 atom stereocenters. The minimum Gasteiger partial charge on any atom is -0.321 e. The minimum absolute atomic E-state index is 0.0723. The molecule has 36 heavy (non-hydrogen) atoms. The lowest BCUT2D eigenvalue weighted by Crippen LogP contribution is -2.48. The van der Waals surface area contributed by atoms with Gasteiger partial charge in [-0.3, -0.25) is 5.01 Å². The SMILES string of the molecule is Fc1ccc(/C=C2\CCCC3=C2N(c2ccc(Cl)cc2Cl)NC3C(NN2CCCCC2)=C2CC2)cc1. The number of halogens is 3. The Morgan fingerprint density at radius 2 is 1.72 bits per heavy atom.